The molecule has 0 aromatic carbocycles. The first-order valence-electron chi connectivity index (χ1n) is 3.16. The molecule has 0 bridgehead atoms. The summed E-state index contributed by atoms with van der Waals surface area (Å²) in [4.78, 5) is 20.8. The lowest BCUT2D eigenvalue weighted by molar-refractivity contribution is -0.137. The lowest BCUT2D eigenvalue weighted by atomic mass is 10.1. The number of nitrogens with one attached hydrogen (secondary N) is 1. The first-order chi connectivity index (χ1) is 5.07. The van der Waals surface area contributed by atoms with Crippen LogP contribution in [-0.4, -0.2) is 22.9 Å². The normalized spacial score (nSPS) is 12.5. The Balaban J connectivity index is 3.70. The quantitative estimate of drug-likeness (QED) is 0.572. The molecule has 0 saturated carbocycles. The number of carboxylic acid groups (broad SMARTS) is 1. The minimum Gasteiger partial charge on any atom is -0.481 e. The van der Waals surface area contributed by atoms with Crippen LogP contribution in [-0.2, 0) is 9.59 Å². The molecule has 0 radical (unpaired) electrons. The second-order valence-electron chi connectivity index (χ2n) is 2.20. The summed E-state index contributed by atoms with van der Waals surface area (Å²) in [6, 6.07) is -0.327. The van der Waals surface area contributed by atoms with Gasteiger partial charge in [-0.2, -0.15) is 0 Å². The van der Waals surface area contributed by atoms with Gasteiger partial charge in [0.15, 0.2) is 0 Å². The predicted molar refractivity (Wildman–Crippen MR) is 48.5 cm³/mol. The van der Waals surface area contributed by atoms with Crippen LogP contribution in [0.15, 0.2) is 0 Å². The minimum atomic E-state index is -0.872. The molecular formula is C6H10INO3. The Hall–Kier alpha value is -0.170. The molecule has 0 spiro atoms. The van der Waals surface area contributed by atoms with E-state index in [1.165, 1.54) is 6.92 Å². The molecule has 64 valence electrons. The average molecular weight is 271 g/mol. The van der Waals surface area contributed by atoms with Crippen LogP contribution in [0.25, 0.3) is 0 Å². The van der Waals surface area contributed by atoms with Crippen LogP contribution < -0.4 is 3.53 Å². The van der Waals surface area contributed by atoms with Crippen molar-refractivity contribution >= 4 is 34.6 Å². The highest BCUT2D eigenvalue weighted by molar-refractivity contribution is 14.1. The Morgan fingerprint density at radius 2 is 2.18 bits per heavy atom. The van der Waals surface area contributed by atoms with Gasteiger partial charge < -0.3 is 5.11 Å². The fraction of sp³-hybridized carbons (Fsp3) is 0.667. The molecule has 2 N–H and O–H groups in total. The molecule has 11 heavy (non-hydrogen) atoms. The zero-order chi connectivity index (χ0) is 8.85. The maximum atomic E-state index is 10.7. The molecule has 0 rings (SSSR count). The number of carboxylic acids is 1. The molecule has 5 heteroatoms. The van der Waals surface area contributed by atoms with Crippen LogP contribution in [0.4, 0.5) is 0 Å². The fourth-order valence-corrected chi connectivity index (χ4v) is 1.35. The first-order valence-corrected chi connectivity index (χ1v) is 4.24. The molecule has 0 fully saturated rings. The lowest BCUT2D eigenvalue weighted by Crippen LogP contribution is -2.28. The van der Waals surface area contributed by atoms with Crippen LogP contribution in [0.1, 0.15) is 19.8 Å². The van der Waals surface area contributed by atoms with Crippen LogP contribution in [0.3, 0.4) is 0 Å². The largest absolute Gasteiger partial charge is 0.481 e. The third-order valence-electron chi connectivity index (χ3n) is 1.27. The van der Waals surface area contributed by atoms with Crippen molar-refractivity contribution in [3.05, 3.63) is 0 Å². The third kappa shape index (κ3) is 5.14. The van der Waals surface area contributed by atoms with Crippen molar-refractivity contribution in [2.45, 2.75) is 25.8 Å². The zero-order valence-electron chi connectivity index (χ0n) is 6.13. The van der Waals surface area contributed by atoms with E-state index in [1.807, 2.05) is 22.9 Å². The standard InChI is InChI=1S/C6H10INO3/c1-4(9)5(8-7)2-3-6(10)11/h5,8H,2-3H2,1H3,(H,10,11). The smallest absolute Gasteiger partial charge is 0.303 e. The number of hydrogen-bond donors (Lipinski definition) is 2. The van der Waals surface area contributed by atoms with E-state index in [9.17, 15) is 9.59 Å². The van der Waals surface area contributed by atoms with E-state index >= 15 is 0 Å². The van der Waals surface area contributed by atoms with Gasteiger partial charge in [0.05, 0.1) is 6.04 Å². The van der Waals surface area contributed by atoms with Crippen LogP contribution in [0, 0.1) is 0 Å². The topological polar surface area (TPSA) is 66.4 Å². The molecule has 0 aromatic rings. The highest BCUT2D eigenvalue weighted by atomic mass is 127. The Kier molecular flexibility index (Phi) is 5.39. The molecule has 0 heterocycles. The molecule has 0 saturated heterocycles. The van der Waals surface area contributed by atoms with Gasteiger partial charge >= 0.3 is 5.97 Å². The fourth-order valence-electron chi connectivity index (χ4n) is 0.602. The number of hydrogen-bond acceptors (Lipinski definition) is 3. The Morgan fingerprint density at radius 1 is 1.64 bits per heavy atom. The number of rotatable bonds is 5. The summed E-state index contributed by atoms with van der Waals surface area (Å²) in [5, 5.41) is 8.30. The Morgan fingerprint density at radius 3 is 2.45 bits per heavy atom. The summed E-state index contributed by atoms with van der Waals surface area (Å²) in [5.41, 5.74) is 0. The summed E-state index contributed by atoms with van der Waals surface area (Å²) in [5.74, 6) is -0.899. The van der Waals surface area contributed by atoms with Gasteiger partial charge in [-0.15, -0.1) is 0 Å². The summed E-state index contributed by atoms with van der Waals surface area (Å²) in [6.45, 7) is 1.44. The van der Waals surface area contributed by atoms with Crippen molar-refractivity contribution in [1.82, 2.24) is 3.53 Å². The van der Waals surface area contributed by atoms with Crippen LogP contribution in [0.2, 0.25) is 0 Å². The van der Waals surface area contributed by atoms with Gasteiger partial charge in [-0.25, -0.2) is 0 Å². The lowest BCUT2D eigenvalue weighted by Gasteiger charge is -2.08. The van der Waals surface area contributed by atoms with Crippen LogP contribution >= 0.6 is 22.9 Å². The van der Waals surface area contributed by atoms with Crippen molar-refractivity contribution in [2.24, 2.45) is 0 Å². The summed E-state index contributed by atoms with van der Waals surface area (Å²) < 4.78 is 2.71. The van der Waals surface area contributed by atoms with Gasteiger partial charge in [0.25, 0.3) is 0 Å². The minimum absolute atomic E-state index is 0.0272. The van der Waals surface area contributed by atoms with Gasteiger partial charge in [-0.1, -0.05) is 0 Å². The molecule has 0 aliphatic heterocycles. The van der Waals surface area contributed by atoms with E-state index in [-0.39, 0.29) is 18.2 Å². The second kappa shape index (κ2) is 5.48. The molecule has 0 aliphatic rings. The highest BCUT2D eigenvalue weighted by Crippen LogP contribution is 2.00. The van der Waals surface area contributed by atoms with E-state index in [1.54, 1.807) is 0 Å². The maximum Gasteiger partial charge on any atom is 0.303 e. The van der Waals surface area contributed by atoms with Gasteiger partial charge in [-0.05, 0) is 13.3 Å². The average Bonchev–Trinajstić information content (AvgIpc) is 1.87. The second-order valence-corrected chi connectivity index (χ2v) is 2.83. The van der Waals surface area contributed by atoms with E-state index in [0.717, 1.165) is 0 Å². The van der Waals surface area contributed by atoms with Crippen molar-refractivity contribution in [2.75, 3.05) is 0 Å². The van der Waals surface area contributed by atoms with E-state index in [4.69, 9.17) is 5.11 Å². The van der Waals surface area contributed by atoms with Crippen molar-refractivity contribution in [3.63, 3.8) is 0 Å². The number of Topliss-reactive ketones (excluding diaryl/α,β-unsaturated/α-hetero) is 1. The van der Waals surface area contributed by atoms with E-state index < -0.39 is 5.97 Å². The number of aliphatic carboxylic acids is 1. The molecule has 0 aromatic heterocycles. The molecule has 1 unspecified atom stereocenters. The zero-order valence-corrected chi connectivity index (χ0v) is 8.29. The van der Waals surface area contributed by atoms with Crippen molar-refractivity contribution < 1.29 is 14.7 Å². The van der Waals surface area contributed by atoms with Gasteiger partial charge in [0.1, 0.15) is 5.78 Å². The SMILES string of the molecule is CC(=O)C(CCC(=O)O)NI. The third-order valence-corrected chi connectivity index (χ3v) is 2.02. The summed E-state index contributed by atoms with van der Waals surface area (Å²) in [7, 11) is 0. The Labute approximate surface area is 78.8 Å². The molecule has 4 nitrogen and oxygen atoms in total. The van der Waals surface area contributed by atoms with Crippen molar-refractivity contribution in [1.29, 1.82) is 0 Å². The van der Waals surface area contributed by atoms with E-state index in [0.29, 0.717) is 6.42 Å². The molecular weight excluding hydrogens is 261 g/mol. The van der Waals surface area contributed by atoms with E-state index in [2.05, 4.69) is 3.53 Å². The van der Waals surface area contributed by atoms with Crippen LogP contribution in [0.5, 0.6) is 0 Å². The summed E-state index contributed by atoms with van der Waals surface area (Å²) >= 11 is 1.85. The number of halogens is 1. The highest BCUT2D eigenvalue weighted by Gasteiger charge is 2.13. The number of carbonyl (C=O) groups is 2. The predicted octanol–water partition coefficient (Wildman–Crippen LogP) is 0.748. The maximum absolute atomic E-state index is 10.7. The van der Waals surface area contributed by atoms with Gasteiger partial charge in [0, 0.05) is 29.3 Å². The monoisotopic (exact) mass is 271 g/mol. The first kappa shape index (κ1) is 10.8. The van der Waals surface area contributed by atoms with Crippen molar-refractivity contribution in [3.8, 4) is 0 Å². The van der Waals surface area contributed by atoms with Gasteiger partial charge in [0.2, 0.25) is 0 Å². The molecule has 0 aliphatic carbocycles. The molecule has 0 amide bonds. The number of ketones is 1. The molecule has 1 atom stereocenters. The number of carbonyl (C=O) groups excluding carboxylic acids is 1. The summed E-state index contributed by atoms with van der Waals surface area (Å²) in [6.07, 6.45) is 0.383. The van der Waals surface area contributed by atoms with Gasteiger partial charge in [-0.3, -0.25) is 13.1 Å². The Bertz CT molecular complexity index is 160.